The quantitative estimate of drug-likeness (QED) is 0.711. The molecule has 0 atom stereocenters. The SMILES string of the molecule is CCCc1nc2ccccn2c1C(=O)N1CCN(c2ccc(F)cc2)CC1. The number of aryl methyl sites for hydroxylation is 1. The van der Waals surface area contributed by atoms with Gasteiger partial charge in [-0.2, -0.15) is 0 Å². The second kappa shape index (κ2) is 7.39. The number of aromatic nitrogens is 2. The Balaban J connectivity index is 1.53. The summed E-state index contributed by atoms with van der Waals surface area (Å²) in [6, 6.07) is 12.3. The van der Waals surface area contributed by atoms with Gasteiger partial charge in [0.25, 0.3) is 5.91 Å². The van der Waals surface area contributed by atoms with Crippen molar-refractivity contribution < 1.29 is 9.18 Å². The van der Waals surface area contributed by atoms with Gasteiger partial charge < -0.3 is 9.80 Å². The van der Waals surface area contributed by atoms with Gasteiger partial charge in [-0.25, -0.2) is 9.37 Å². The van der Waals surface area contributed by atoms with E-state index in [1.807, 2.05) is 33.7 Å². The molecule has 1 aliphatic rings. The molecular formula is C21H23FN4O. The van der Waals surface area contributed by atoms with Crippen molar-refractivity contribution >= 4 is 17.2 Å². The summed E-state index contributed by atoms with van der Waals surface area (Å²) in [5.41, 5.74) is 3.36. The Labute approximate surface area is 158 Å². The molecule has 1 fully saturated rings. The fraction of sp³-hybridized carbons (Fsp3) is 0.333. The summed E-state index contributed by atoms with van der Waals surface area (Å²) >= 11 is 0. The van der Waals surface area contributed by atoms with Gasteiger partial charge in [0, 0.05) is 38.1 Å². The Bertz CT molecular complexity index is 942. The van der Waals surface area contributed by atoms with Crippen molar-refractivity contribution in [3.63, 3.8) is 0 Å². The van der Waals surface area contributed by atoms with Gasteiger partial charge in [0.1, 0.15) is 17.2 Å². The van der Waals surface area contributed by atoms with E-state index in [0.717, 1.165) is 43.0 Å². The van der Waals surface area contributed by atoms with Crippen LogP contribution in [0.25, 0.3) is 5.65 Å². The van der Waals surface area contributed by atoms with Crippen LogP contribution in [-0.2, 0) is 6.42 Å². The van der Waals surface area contributed by atoms with Gasteiger partial charge in [0.2, 0.25) is 0 Å². The first-order valence-electron chi connectivity index (χ1n) is 9.43. The van der Waals surface area contributed by atoms with Crippen LogP contribution in [-0.4, -0.2) is 46.4 Å². The number of anilines is 1. The van der Waals surface area contributed by atoms with E-state index >= 15 is 0 Å². The maximum Gasteiger partial charge on any atom is 0.272 e. The van der Waals surface area contributed by atoms with Gasteiger partial charge in [-0.1, -0.05) is 19.4 Å². The lowest BCUT2D eigenvalue weighted by atomic mass is 10.1. The van der Waals surface area contributed by atoms with Crippen molar-refractivity contribution in [2.75, 3.05) is 31.1 Å². The van der Waals surface area contributed by atoms with Crippen LogP contribution in [0.4, 0.5) is 10.1 Å². The Kier molecular flexibility index (Phi) is 4.79. The normalized spacial score (nSPS) is 14.7. The molecule has 0 unspecified atom stereocenters. The number of amides is 1. The number of hydrogen-bond donors (Lipinski definition) is 0. The summed E-state index contributed by atoms with van der Waals surface area (Å²) in [6.07, 6.45) is 3.64. The van der Waals surface area contributed by atoms with Crippen molar-refractivity contribution in [1.29, 1.82) is 0 Å². The number of carbonyl (C=O) groups is 1. The molecule has 6 heteroatoms. The van der Waals surface area contributed by atoms with E-state index in [1.165, 1.54) is 12.1 Å². The third-order valence-corrected chi connectivity index (χ3v) is 5.05. The van der Waals surface area contributed by atoms with Crippen LogP contribution in [0.1, 0.15) is 29.5 Å². The molecule has 140 valence electrons. The van der Waals surface area contributed by atoms with Gasteiger partial charge in [-0.05, 0) is 42.8 Å². The van der Waals surface area contributed by atoms with Crippen molar-refractivity contribution in [3.05, 3.63) is 65.9 Å². The average molecular weight is 366 g/mol. The zero-order valence-corrected chi connectivity index (χ0v) is 15.4. The fourth-order valence-corrected chi connectivity index (χ4v) is 3.65. The maximum absolute atomic E-state index is 13.3. The van der Waals surface area contributed by atoms with Crippen LogP contribution in [0.3, 0.4) is 0 Å². The van der Waals surface area contributed by atoms with Crippen LogP contribution < -0.4 is 4.90 Å². The van der Waals surface area contributed by atoms with Crippen LogP contribution in [0, 0.1) is 5.82 Å². The monoisotopic (exact) mass is 366 g/mol. The maximum atomic E-state index is 13.3. The number of fused-ring (bicyclic) bond motifs is 1. The van der Waals surface area contributed by atoms with E-state index in [0.29, 0.717) is 18.8 Å². The highest BCUT2D eigenvalue weighted by atomic mass is 19.1. The summed E-state index contributed by atoms with van der Waals surface area (Å²) in [5, 5.41) is 0. The van der Waals surface area contributed by atoms with Crippen molar-refractivity contribution in [3.8, 4) is 0 Å². The fourth-order valence-electron chi connectivity index (χ4n) is 3.65. The highest BCUT2D eigenvalue weighted by Crippen LogP contribution is 2.20. The molecule has 3 heterocycles. The predicted molar refractivity (Wildman–Crippen MR) is 104 cm³/mol. The minimum atomic E-state index is -0.233. The van der Waals surface area contributed by atoms with Gasteiger partial charge in [0.05, 0.1) is 5.69 Å². The molecule has 3 aromatic rings. The number of carbonyl (C=O) groups excluding carboxylic acids is 1. The topological polar surface area (TPSA) is 40.9 Å². The molecule has 0 aliphatic carbocycles. The summed E-state index contributed by atoms with van der Waals surface area (Å²) in [4.78, 5) is 22.0. The minimum Gasteiger partial charge on any atom is -0.368 e. The highest BCUT2D eigenvalue weighted by molar-refractivity contribution is 5.95. The Morgan fingerprint density at radius 3 is 2.52 bits per heavy atom. The number of pyridine rings is 1. The second-order valence-corrected chi connectivity index (χ2v) is 6.84. The third-order valence-electron chi connectivity index (χ3n) is 5.05. The molecule has 0 saturated carbocycles. The third kappa shape index (κ3) is 3.39. The Morgan fingerprint density at radius 2 is 1.81 bits per heavy atom. The molecule has 0 spiro atoms. The smallest absolute Gasteiger partial charge is 0.272 e. The molecular weight excluding hydrogens is 343 g/mol. The molecule has 27 heavy (non-hydrogen) atoms. The standard InChI is InChI=1S/C21H23FN4O/c1-2-5-18-20(26-11-4-3-6-19(26)23-18)21(27)25-14-12-24(13-15-25)17-9-7-16(22)8-10-17/h3-4,6-11H,2,5,12-15H2,1H3. The van der Waals surface area contributed by atoms with Gasteiger partial charge in [0.15, 0.2) is 0 Å². The summed E-state index contributed by atoms with van der Waals surface area (Å²) in [7, 11) is 0. The number of rotatable bonds is 4. The number of imidazole rings is 1. The average Bonchev–Trinajstić information content (AvgIpc) is 3.06. The molecule has 1 saturated heterocycles. The van der Waals surface area contributed by atoms with Gasteiger partial charge >= 0.3 is 0 Å². The molecule has 0 radical (unpaired) electrons. The van der Waals surface area contributed by atoms with Gasteiger partial charge in [-0.15, -0.1) is 0 Å². The Morgan fingerprint density at radius 1 is 1.07 bits per heavy atom. The zero-order valence-electron chi connectivity index (χ0n) is 15.4. The summed E-state index contributed by atoms with van der Waals surface area (Å²) in [6.45, 7) is 4.85. The first kappa shape index (κ1) is 17.5. The van der Waals surface area contributed by atoms with Crippen LogP contribution in [0.2, 0.25) is 0 Å². The lowest BCUT2D eigenvalue weighted by Gasteiger charge is -2.36. The van der Waals surface area contributed by atoms with E-state index < -0.39 is 0 Å². The number of nitrogens with zero attached hydrogens (tertiary/aromatic N) is 4. The van der Waals surface area contributed by atoms with E-state index in [2.05, 4.69) is 16.8 Å². The number of piperazine rings is 1. The van der Waals surface area contributed by atoms with Crippen molar-refractivity contribution in [2.45, 2.75) is 19.8 Å². The number of benzene rings is 1. The summed E-state index contributed by atoms with van der Waals surface area (Å²) < 4.78 is 15.0. The number of hydrogen-bond acceptors (Lipinski definition) is 3. The molecule has 5 nitrogen and oxygen atoms in total. The molecule has 1 aliphatic heterocycles. The molecule has 4 rings (SSSR count). The molecule has 0 N–H and O–H groups in total. The first-order chi connectivity index (χ1) is 13.2. The lowest BCUT2D eigenvalue weighted by molar-refractivity contribution is 0.0738. The second-order valence-electron chi connectivity index (χ2n) is 6.84. The molecule has 0 bridgehead atoms. The predicted octanol–water partition coefficient (Wildman–Crippen LogP) is 3.39. The summed E-state index contributed by atoms with van der Waals surface area (Å²) in [5.74, 6) is -0.195. The van der Waals surface area contributed by atoms with Crippen molar-refractivity contribution in [1.82, 2.24) is 14.3 Å². The number of halogens is 1. The zero-order chi connectivity index (χ0) is 18.8. The first-order valence-corrected chi connectivity index (χ1v) is 9.43. The molecule has 1 amide bonds. The van der Waals surface area contributed by atoms with E-state index in [1.54, 1.807) is 12.1 Å². The van der Waals surface area contributed by atoms with Gasteiger partial charge in [-0.3, -0.25) is 9.20 Å². The Hall–Kier alpha value is -2.89. The highest BCUT2D eigenvalue weighted by Gasteiger charge is 2.27. The molecule has 1 aromatic carbocycles. The van der Waals surface area contributed by atoms with E-state index in [-0.39, 0.29) is 11.7 Å². The van der Waals surface area contributed by atoms with Crippen LogP contribution in [0.5, 0.6) is 0 Å². The molecule has 2 aromatic heterocycles. The lowest BCUT2D eigenvalue weighted by Crippen LogP contribution is -2.49. The minimum absolute atomic E-state index is 0.0379. The largest absolute Gasteiger partial charge is 0.368 e. The van der Waals surface area contributed by atoms with E-state index in [9.17, 15) is 9.18 Å². The van der Waals surface area contributed by atoms with Crippen molar-refractivity contribution in [2.24, 2.45) is 0 Å². The van der Waals surface area contributed by atoms with E-state index in [4.69, 9.17) is 0 Å². The van der Waals surface area contributed by atoms with Crippen LogP contribution in [0.15, 0.2) is 48.7 Å². The van der Waals surface area contributed by atoms with Crippen LogP contribution >= 0.6 is 0 Å².